The Labute approximate surface area is 204 Å². The van der Waals surface area contributed by atoms with Crippen LogP contribution in [0, 0.1) is 6.92 Å². The number of nitrogens with zero attached hydrogens (tertiary/aromatic N) is 1. The summed E-state index contributed by atoms with van der Waals surface area (Å²) in [6, 6.07) is 16.5. The molecule has 1 aromatic heterocycles. The Balaban J connectivity index is 1.64. The van der Waals surface area contributed by atoms with Gasteiger partial charge in [-0.25, -0.2) is 4.79 Å². The molecule has 1 heterocycles. The molecule has 4 aromatic rings. The molecule has 0 bridgehead atoms. The minimum atomic E-state index is -0.463. The number of benzene rings is 3. The van der Waals surface area contributed by atoms with Crippen LogP contribution in [0.5, 0.6) is 0 Å². The molecule has 0 atom stereocenters. The van der Waals surface area contributed by atoms with Gasteiger partial charge in [0.15, 0.2) is 0 Å². The number of rotatable bonds is 4. The first-order valence-electron chi connectivity index (χ1n) is 9.81. The molecule has 0 saturated heterocycles. The van der Waals surface area contributed by atoms with E-state index in [1.54, 1.807) is 60.8 Å². The highest BCUT2D eigenvalue weighted by Gasteiger charge is 2.17. The largest absolute Gasteiger partial charge is 0.323 e. The Morgan fingerprint density at radius 3 is 2.18 bits per heavy atom. The number of nitrogens with one attached hydrogen (secondary N) is 3. The Morgan fingerprint density at radius 2 is 1.48 bits per heavy atom. The third kappa shape index (κ3) is 5.03. The summed E-state index contributed by atoms with van der Waals surface area (Å²) in [6.45, 7) is 1.83. The molecule has 3 N–H and O–H groups in total. The number of para-hydroxylation sites is 1. The zero-order chi connectivity index (χ0) is 23.5. The van der Waals surface area contributed by atoms with Crippen molar-refractivity contribution < 1.29 is 9.59 Å². The number of carbonyl (C=O) groups excluding carboxylic acids is 2. The summed E-state index contributed by atoms with van der Waals surface area (Å²) in [4.78, 5) is 29.9. The van der Waals surface area contributed by atoms with Crippen molar-refractivity contribution >= 4 is 74.7 Å². The van der Waals surface area contributed by atoms with E-state index in [2.05, 4.69) is 20.9 Å². The lowest BCUT2D eigenvalue weighted by molar-refractivity contribution is 0.102. The quantitative estimate of drug-likeness (QED) is 0.273. The maximum Gasteiger partial charge on any atom is 0.323 e. The highest BCUT2D eigenvalue weighted by Crippen LogP contribution is 2.32. The van der Waals surface area contributed by atoms with Crippen molar-refractivity contribution in [2.45, 2.75) is 6.92 Å². The van der Waals surface area contributed by atoms with E-state index in [1.165, 1.54) is 0 Å². The average Bonchev–Trinajstić information content (AvgIpc) is 2.77. The number of pyridine rings is 1. The molecule has 0 aliphatic carbocycles. The molecule has 6 nitrogen and oxygen atoms in total. The molecule has 0 aliphatic rings. The van der Waals surface area contributed by atoms with Gasteiger partial charge in [0, 0.05) is 22.3 Å². The number of aromatic nitrogens is 1. The van der Waals surface area contributed by atoms with Gasteiger partial charge in [0.2, 0.25) is 0 Å². The molecule has 3 aromatic carbocycles. The Hall–Kier alpha value is -3.32. The first-order chi connectivity index (χ1) is 15.8. The number of anilines is 3. The summed E-state index contributed by atoms with van der Waals surface area (Å²) in [6.07, 6.45) is 1.62. The fourth-order valence-electron chi connectivity index (χ4n) is 3.30. The lowest BCUT2D eigenvalue weighted by Crippen LogP contribution is -2.20. The summed E-state index contributed by atoms with van der Waals surface area (Å²) in [5.74, 6) is -0.463. The van der Waals surface area contributed by atoms with Crippen molar-refractivity contribution in [2.75, 3.05) is 16.0 Å². The molecular formula is C24H17Cl3N4O2. The third-order valence-electron chi connectivity index (χ3n) is 4.87. The van der Waals surface area contributed by atoms with Gasteiger partial charge in [-0.1, -0.05) is 53.0 Å². The molecule has 0 saturated carbocycles. The van der Waals surface area contributed by atoms with Gasteiger partial charge < -0.3 is 16.0 Å². The number of carbonyl (C=O) groups is 2. The fourth-order valence-corrected chi connectivity index (χ4v) is 3.99. The molecule has 0 radical (unpaired) electrons. The Bertz CT molecular complexity index is 1350. The van der Waals surface area contributed by atoms with E-state index >= 15 is 0 Å². The van der Waals surface area contributed by atoms with Crippen LogP contribution in [-0.4, -0.2) is 16.9 Å². The summed E-state index contributed by atoms with van der Waals surface area (Å²) in [5.41, 5.74) is 3.05. The third-order valence-corrected chi connectivity index (χ3v) is 5.75. The fraction of sp³-hybridized carbons (Fsp3) is 0.0417. The average molecular weight is 500 g/mol. The van der Waals surface area contributed by atoms with Gasteiger partial charge in [0.1, 0.15) is 0 Å². The second-order valence-electron chi connectivity index (χ2n) is 7.15. The Morgan fingerprint density at radius 1 is 0.818 bits per heavy atom. The van der Waals surface area contributed by atoms with Crippen LogP contribution >= 0.6 is 34.8 Å². The lowest BCUT2D eigenvalue weighted by Gasteiger charge is -2.15. The van der Waals surface area contributed by atoms with Crippen LogP contribution in [-0.2, 0) is 0 Å². The van der Waals surface area contributed by atoms with Gasteiger partial charge in [0.25, 0.3) is 5.91 Å². The van der Waals surface area contributed by atoms with Gasteiger partial charge >= 0.3 is 6.03 Å². The molecule has 0 aliphatic heterocycles. The van der Waals surface area contributed by atoms with E-state index in [9.17, 15) is 9.59 Å². The first-order valence-corrected chi connectivity index (χ1v) is 10.9. The topological polar surface area (TPSA) is 83.1 Å². The second kappa shape index (κ2) is 9.67. The smallest absolute Gasteiger partial charge is 0.320 e. The number of aryl methyl sites for hydroxylation is 1. The van der Waals surface area contributed by atoms with Crippen molar-refractivity contribution in [3.05, 3.63) is 93.1 Å². The van der Waals surface area contributed by atoms with Crippen LogP contribution < -0.4 is 16.0 Å². The van der Waals surface area contributed by atoms with E-state index in [1.807, 2.05) is 13.0 Å². The molecule has 9 heteroatoms. The highest BCUT2D eigenvalue weighted by molar-refractivity contribution is 6.40. The predicted octanol–water partition coefficient (Wildman–Crippen LogP) is 7.40. The van der Waals surface area contributed by atoms with Crippen LogP contribution in [0.1, 0.15) is 15.9 Å². The van der Waals surface area contributed by atoms with Gasteiger partial charge in [-0.3, -0.25) is 9.78 Å². The van der Waals surface area contributed by atoms with Crippen molar-refractivity contribution in [1.82, 2.24) is 4.98 Å². The minimum Gasteiger partial charge on any atom is -0.320 e. The normalized spacial score (nSPS) is 10.7. The van der Waals surface area contributed by atoms with Crippen molar-refractivity contribution in [3.63, 3.8) is 0 Å². The van der Waals surface area contributed by atoms with E-state index in [0.29, 0.717) is 33.0 Å². The molecule has 4 rings (SSSR count). The Kier molecular flexibility index (Phi) is 6.70. The van der Waals surface area contributed by atoms with E-state index in [-0.39, 0.29) is 15.6 Å². The summed E-state index contributed by atoms with van der Waals surface area (Å²) < 4.78 is 0. The number of hydrogen-bond donors (Lipinski definition) is 3. The van der Waals surface area contributed by atoms with Crippen LogP contribution in [0.25, 0.3) is 10.9 Å². The molecule has 3 amide bonds. The number of urea groups is 1. The van der Waals surface area contributed by atoms with Crippen molar-refractivity contribution in [2.24, 2.45) is 0 Å². The molecule has 0 spiro atoms. The maximum atomic E-state index is 12.9. The zero-order valence-electron chi connectivity index (χ0n) is 17.2. The molecule has 0 fully saturated rings. The summed E-state index contributed by atoms with van der Waals surface area (Å²) in [7, 11) is 0. The van der Waals surface area contributed by atoms with Crippen molar-refractivity contribution in [3.8, 4) is 0 Å². The highest BCUT2D eigenvalue weighted by atomic mass is 35.5. The summed E-state index contributed by atoms with van der Waals surface area (Å²) in [5, 5.41) is 10.2. The monoisotopic (exact) mass is 498 g/mol. The minimum absolute atomic E-state index is 0.172. The lowest BCUT2D eigenvalue weighted by atomic mass is 10.1. The molecule has 0 unspecified atom stereocenters. The van der Waals surface area contributed by atoms with Crippen molar-refractivity contribution in [1.29, 1.82) is 0 Å². The molecule has 33 heavy (non-hydrogen) atoms. The zero-order valence-corrected chi connectivity index (χ0v) is 19.5. The number of amides is 3. The first kappa shape index (κ1) is 22.9. The van der Waals surface area contributed by atoms with Crippen LogP contribution in [0.2, 0.25) is 15.1 Å². The van der Waals surface area contributed by atoms with Crippen LogP contribution in [0.15, 0.2) is 66.9 Å². The van der Waals surface area contributed by atoms with Gasteiger partial charge in [-0.15, -0.1) is 0 Å². The maximum absolute atomic E-state index is 12.9. The van der Waals surface area contributed by atoms with Crippen LogP contribution in [0.4, 0.5) is 21.9 Å². The number of fused-ring (bicyclic) bond motifs is 1. The van der Waals surface area contributed by atoms with Gasteiger partial charge in [0.05, 0.1) is 32.5 Å². The van der Waals surface area contributed by atoms with Crippen LogP contribution in [0.3, 0.4) is 0 Å². The molecular weight excluding hydrogens is 483 g/mol. The van der Waals surface area contributed by atoms with Gasteiger partial charge in [-0.05, 0) is 55.0 Å². The second-order valence-corrected chi connectivity index (χ2v) is 8.41. The number of hydrogen-bond acceptors (Lipinski definition) is 3. The van der Waals surface area contributed by atoms with Gasteiger partial charge in [-0.2, -0.15) is 0 Å². The SMILES string of the molecule is Cc1cnc2c(NC(=O)c3c(Cl)cccc3Cl)cccc2c1NC(=O)Nc1ccc(Cl)cc1. The predicted molar refractivity (Wildman–Crippen MR) is 135 cm³/mol. The van der Waals surface area contributed by atoms with E-state index < -0.39 is 11.9 Å². The number of halogens is 3. The van der Waals surface area contributed by atoms with E-state index in [4.69, 9.17) is 34.8 Å². The van der Waals surface area contributed by atoms with E-state index in [0.717, 1.165) is 5.56 Å². The standard InChI is InChI=1S/C24H17Cl3N4O2/c1-13-12-28-22-16(21(13)31-24(33)29-15-10-8-14(25)9-11-15)4-2-7-19(22)30-23(32)20-17(26)5-3-6-18(20)27/h2-12H,1H3,(H,30,32)(H2,28,29,31,33). The molecule has 166 valence electrons. The summed E-state index contributed by atoms with van der Waals surface area (Å²) >= 11 is 18.2.